The van der Waals surface area contributed by atoms with Crippen LogP contribution in [0.15, 0.2) is 12.4 Å². The van der Waals surface area contributed by atoms with Gasteiger partial charge < -0.3 is 10.2 Å². The van der Waals surface area contributed by atoms with Gasteiger partial charge in [0.2, 0.25) is 5.91 Å². The van der Waals surface area contributed by atoms with Crippen LogP contribution in [0.4, 0.5) is 0 Å². The molecule has 1 aromatic heterocycles. The van der Waals surface area contributed by atoms with Gasteiger partial charge in [0.1, 0.15) is 0 Å². The molecule has 88 valence electrons. The summed E-state index contributed by atoms with van der Waals surface area (Å²) in [4.78, 5) is 13.5. The summed E-state index contributed by atoms with van der Waals surface area (Å²) in [7, 11) is 3.70. The molecular formula is C11H18N4O. The van der Waals surface area contributed by atoms with E-state index in [9.17, 15) is 4.79 Å². The molecule has 5 nitrogen and oxygen atoms in total. The molecule has 5 heteroatoms. The van der Waals surface area contributed by atoms with Crippen LogP contribution in [-0.4, -0.2) is 40.2 Å². The summed E-state index contributed by atoms with van der Waals surface area (Å²) in [5.41, 5.74) is 1.06. The number of carbonyl (C=O) groups is 1. The maximum absolute atomic E-state index is 11.7. The molecule has 1 N–H and O–H groups in total. The highest BCUT2D eigenvalue weighted by Gasteiger charge is 2.22. The van der Waals surface area contributed by atoms with Gasteiger partial charge in [0.05, 0.1) is 12.7 Å². The van der Waals surface area contributed by atoms with E-state index in [1.54, 1.807) is 15.8 Å². The van der Waals surface area contributed by atoms with E-state index in [-0.39, 0.29) is 5.91 Å². The normalized spacial score (nSPS) is 15.1. The molecule has 2 rings (SSSR count). The number of aryl methyl sites for hydroxylation is 1. The zero-order valence-electron chi connectivity index (χ0n) is 9.81. The van der Waals surface area contributed by atoms with Crippen LogP contribution in [0, 0.1) is 0 Å². The Bertz CT molecular complexity index is 370. The van der Waals surface area contributed by atoms with Crippen LogP contribution in [0.25, 0.3) is 0 Å². The largest absolute Gasteiger partial charge is 0.340 e. The SMILES string of the molecule is CN(Cc1cnn(C)c1)C(=O)CNC1CC1. The number of amides is 1. The van der Waals surface area contributed by atoms with Gasteiger partial charge in [0.15, 0.2) is 0 Å². The molecule has 1 fully saturated rings. The lowest BCUT2D eigenvalue weighted by atomic mass is 10.3. The molecule has 0 spiro atoms. The molecule has 0 saturated heterocycles. The van der Waals surface area contributed by atoms with Gasteiger partial charge in [-0.05, 0) is 12.8 Å². The first-order valence-corrected chi connectivity index (χ1v) is 5.60. The molecule has 1 heterocycles. The van der Waals surface area contributed by atoms with E-state index in [1.807, 2.05) is 20.3 Å². The number of nitrogens with one attached hydrogen (secondary N) is 1. The zero-order valence-corrected chi connectivity index (χ0v) is 9.81. The Kier molecular flexibility index (Phi) is 3.24. The van der Waals surface area contributed by atoms with Crippen LogP contribution in [-0.2, 0) is 18.4 Å². The van der Waals surface area contributed by atoms with Gasteiger partial charge >= 0.3 is 0 Å². The third-order valence-corrected chi connectivity index (χ3v) is 2.72. The summed E-state index contributed by atoms with van der Waals surface area (Å²) in [6.07, 6.45) is 6.13. The van der Waals surface area contributed by atoms with Gasteiger partial charge in [-0.15, -0.1) is 0 Å². The highest BCUT2D eigenvalue weighted by atomic mass is 16.2. The first-order valence-electron chi connectivity index (χ1n) is 5.60. The van der Waals surface area contributed by atoms with Crippen molar-refractivity contribution in [2.24, 2.45) is 7.05 Å². The molecule has 1 amide bonds. The smallest absolute Gasteiger partial charge is 0.236 e. The van der Waals surface area contributed by atoms with Gasteiger partial charge in [-0.2, -0.15) is 5.10 Å². The highest BCUT2D eigenvalue weighted by Crippen LogP contribution is 2.18. The summed E-state index contributed by atoms with van der Waals surface area (Å²) in [6, 6.07) is 0.579. The topological polar surface area (TPSA) is 50.2 Å². The molecule has 0 radical (unpaired) electrons. The van der Waals surface area contributed by atoms with E-state index >= 15 is 0 Å². The minimum atomic E-state index is 0.135. The molecule has 0 aliphatic heterocycles. The Balaban J connectivity index is 1.77. The van der Waals surface area contributed by atoms with E-state index < -0.39 is 0 Å². The molecule has 0 bridgehead atoms. The fraction of sp³-hybridized carbons (Fsp3) is 0.636. The highest BCUT2D eigenvalue weighted by molar-refractivity contribution is 5.78. The molecule has 1 saturated carbocycles. The van der Waals surface area contributed by atoms with Crippen molar-refractivity contribution in [2.45, 2.75) is 25.4 Å². The standard InChI is InChI=1S/C11H18N4O/c1-14(7-9-5-13-15(2)8-9)11(16)6-12-10-3-4-10/h5,8,10,12H,3-4,6-7H2,1-2H3. The number of rotatable bonds is 5. The minimum absolute atomic E-state index is 0.135. The lowest BCUT2D eigenvalue weighted by Crippen LogP contribution is -2.35. The lowest BCUT2D eigenvalue weighted by molar-refractivity contribution is -0.129. The molecule has 1 aliphatic carbocycles. The first kappa shape index (κ1) is 11.1. The molecule has 16 heavy (non-hydrogen) atoms. The predicted molar refractivity (Wildman–Crippen MR) is 60.7 cm³/mol. The number of hydrogen-bond donors (Lipinski definition) is 1. The summed E-state index contributed by atoms with van der Waals surface area (Å²) in [5.74, 6) is 0.135. The maximum atomic E-state index is 11.7. The number of hydrogen-bond acceptors (Lipinski definition) is 3. The quantitative estimate of drug-likeness (QED) is 0.770. The second-order valence-corrected chi connectivity index (χ2v) is 4.43. The summed E-state index contributed by atoms with van der Waals surface area (Å²) >= 11 is 0. The van der Waals surface area contributed by atoms with Gasteiger partial charge in [-0.3, -0.25) is 9.48 Å². The fourth-order valence-electron chi connectivity index (χ4n) is 1.57. The Morgan fingerprint density at radius 1 is 1.69 bits per heavy atom. The van der Waals surface area contributed by atoms with Crippen molar-refractivity contribution in [1.29, 1.82) is 0 Å². The fourth-order valence-corrected chi connectivity index (χ4v) is 1.57. The van der Waals surface area contributed by atoms with Crippen molar-refractivity contribution in [3.63, 3.8) is 0 Å². The van der Waals surface area contributed by atoms with Crippen molar-refractivity contribution in [2.75, 3.05) is 13.6 Å². The monoisotopic (exact) mass is 222 g/mol. The van der Waals surface area contributed by atoms with Crippen LogP contribution < -0.4 is 5.32 Å². The average molecular weight is 222 g/mol. The maximum Gasteiger partial charge on any atom is 0.236 e. The van der Waals surface area contributed by atoms with Crippen molar-refractivity contribution >= 4 is 5.91 Å². The molecule has 0 atom stereocenters. The summed E-state index contributed by atoms with van der Waals surface area (Å²) in [5, 5.41) is 7.29. The Hall–Kier alpha value is -1.36. The van der Waals surface area contributed by atoms with Gasteiger partial charge in [0, 0.05) is 38.4 Å². The third kappa shape index (κ3) is 3.06. The number of aromatic nitrogens is 2. The Labute approximate surface area is 95.4 Å². The van der Waals surface area contributed by atoms with Crippen LogP contribution in [0.1, 0.15) is 18.4 Å². The van der Waals surface area contributed by atoms with Gasteiger partial charge in [-0.1, -0.05) is 0 Å². The molecule has 1 aliphatic rings. The number of likely N-dealkylation sites (N-methyl/N-ethyl adjacent to an activating group) is 1. The van der Waals surface area contributed by atoms with Gasteiger partial charge in [-0.25, -0.2) is 0 Å². The zero-order chi connectivity index (χ0) is 11.5. The molecular weight excluding hydrogens is 204 g/mol. The van der Waals surface area contributed by atoms with E-state index in [1.165, 1.54) is 12.8 Å². The van der Waals surface area contributed by atoms with Crippen molar-refractivity contribution in [1.82, 2.24) is 20.0 Å². The van der Waals surface area contributed by atoms with Crippen LogP contribution in [0.2, 0.25) is 0 Å². The van der Waals surface area contributed by atoms with Crippen molar-refractivity contribution < 1.29 is 4.79 Å². The Morgan fingerprint density at radius 3 is 3.00 bits per heavy atom. The summed E-state index contributed by atoms with van der Waals surface area (Å²) < 4.78 is 1.75. The average Bonchev–Trinajstić information content (AvgIpc) is 2.99. The predicted octanol–water partition coefficient (Wildman–Crippen LogP) is 0.130. The number of carbonyl (C=O) groups excluding carboxylic acids is 1. The molecule has 0 unspecified atom stereocenters. The first-order chi connectivity index (χ1) is 7.65. The number of nitrogens with zero attached hydrogens (tertiary/aromatic N) is 3. The van der Waals surface area contributed by atoms with Crippen LogP contribution >= 0.6 is 0 Å². The molecule has 1 aromatic rings. The van der Waals surface area contributed by atoms with Crippen molar-refractivity contribution in [3.05, 3.63) is 18.0 Å². The second-order valence-electron chi connectivity index (χ2n) is 4.43. The van der Waals surface area contributed by atoms with E-state index in [4.69, 9.17) is 0 Å². The van der Waals surface area contributed by atoms with Crippen molar-refractivity contribution in [3.8, 4) is 0 Å². The lowest BCUT2D eigenvalue weighted by Gasteiger charge is -2.16. The van der Waals surface area contributed by atoms with Gasteiger partial charge in [0.25, 0.3) is 0 Å². The third-order valence-electron chi connectivity index (χ3n) is 2.72. The van der Waals surface area contributed by atoms with Crippen LogP contribution in [0.3, 0.4) is 0 Å². The van der Waals surface area contributed by atoms with Crippen LogP contribution in [0.5, 0.6) is 0 Å². The summed E-state index contributed by atoms with van der Waals surface area (Å²) in [6.45, 7) is 1.07. The van der Waals surface area contributed by atoms with E-state index in [0.717, 1.165) is 5.56 Å². The minimum Gasteiger partial charge on any atom is -0.340 e. The Morgan fingerprint density at radius 2 is 2.44 bits per heavy atom. The second kappa shape index (κ2) is 4.65. The molecule has 0 aromatic carbocycles. The van der Waals surface area contributed by atoms with E-state index in [2.05, 4.69) is 10.4 Å². The van der Waals surface area contributed by atoms with E-state index in [0.29, 0.717) is 19.1 Å².